The molecule has 1 unspecified atom stereocenters. The van der Waals surface area contributed by atoms with Crippen LogP contribution in [0.2, 0.25) is 0 Å². The maximum atomic E-state index is 7.00. The van der Waals surface area contributed by atoms with E-state index in [1.165, 1.54) is 19.4 Å². The van der Waals surface area contributed by atoms with E-state index in [9.17, 15) is 0 Å². The smallest absolute Gasteiger partial charge is 0.0705 e. The van der Waals surface area contributed by atoms with Crippen LogP contribution in [0.3, 0.4) is 0 Å². The first-order valence-corrected chi connectivity index (χ1v) is 5.41. The monoisotopic (exact) mass is 203 g/mol. The number of nitrogens with zero attached hydrogens (tertiary/aromatic N) is 1. The van der Waals surface area contributed by atoms with Gasteiger partial charge in [-0.3, -0.25) is 0 Å². The molecular weight excluding hydrogens is 178 g/mol. The zero-order valence-electron chi connectivity index (χ0n) is 10.2. The lowest BCUT2D eigenvalue weighted by molar-refractivity contribution is -0.0201. The molecule has 0 aliphatic carbocycles. The largest absolute Gasteiger partial charge is 0.400 e. The van der Waals surface area contributed by atoms with Gasteiger partial charge in [-0.1, -0.05) is 0 Å². The highest BCUT2D eigenvalue weighted by molar-refractivity contribution is 4.81. The Hall–Kier alpha value is -0.120. The topological polar surface area (TPSA) is 32.7 Å². The van der Waals surface area contributed by atoms with Crippen molar-refractivity contribution in [3.8, 4) is 0 Å². The van der Waals surface area contributed by atoms with Crippen molar-refractivity contribution in [1.82, 2.24) is 4.90 Å². The second kappa shape index (κ2) is 7.21. The van der Waals surface area contributed by atoms with Gasteiger partial charge in [0.2, 0.25) is 0 Å². The molecule has 1 N–H and O–H groups in total. The zero-order chi connectivity index (χ0) is 11.1. The molecule has 0 spiro atoms. The highest BCUT2D eigenvalue weighted by Crippen LogP contribution is 2.20. The average Bonchev–Trinajstić information content (AvgIpc) is 2.54. The van der Waals surface area contributed by atoms with E-state index in [1.807, 2.05) is 0 Å². The number of likely N-dealkylation sites (tertiary alicyclic amines) is 1. The van der Waals surface area contributed by atoms with Crippen LogP contribution in [0, 0.1) is 0 Å². The van der Waals surface area contributed by atoms with Crippen LogP contribution in [0.4, 0.5) is 0 Å². The lowest BCUT2D eigenvalue weighted by Crippen LogP contribution is -2.37. The summed E-state index contributed by atoms with van der Waals surface area (Å²) in [5, 5.41) is 7.00. The summed E-state index contributed by atoms with van der Waals surface area (Å²) in [6.07, 6.45) is 3.36. The first kappa shape index (κ1) is 13.9. The van der Waals surface area contributed by atoms with Crippen molar-refractivity contribution in [3.05, 3.63) is 0 Å². The van der Waals surface area contributed by atoms with Gasteiger partial charge in [0.1, 0.15) is 0 Å². The molecule has 0 aromatic heterocycles. The highest BCUT2D eigenvalue weighted by atomic mass is 16.5. The summed E-state index contributed by atoms with van der Waals surface area (Å²) in [4.78, 5) is 2.41. The Labute approximate surface area is 88.1 Å². The summed E-state index contributed by atoms with van der Waals surface area (Å²) in [6, 6.07) is 0.646. The van der Waals surface area contributed by atoms with Gasteiger partial charge in [0.05, 0.1) is 12.2 Å². The first-order chi connectivity index (χ1) is 6.61. The molecule has 0 bridgehead atoms. The summed E-state index contributed by atoms with van der Waals surface area (Å²) >= 11 is 0. The SMILES string of the molecule is CC(C)O[C@@H](C)C1CCCN1C.CO. The minimum absolute atomic E-state index is 0.356. The molecule has 1 rings (SSSR count). The lowest BCUT2D eigenvalue weighted by Gasteiger charge is -2.27. The zero-order valence-corrected chi connectivity index (χ0v) is 10.2. The van der Waals surface area contributed by atoms with Crippen LogP contribution in [-0.2, 0) is 4.74 Å². The minimum atomic E-state index is 0.356. The maximum Gasteiger partial charge on any atom is 0.0705 e. The molecule has 0 saturated carbocycles. The molecule has 3 nitrogen and oxygen atoms in total. The standard InChI is InChI=1S/C10H21NO.CH4O/c1-8(2)12-9(3)10-6-5-7-11(10)4;1-2/h8-10H,5-7H2,1-4H3;2H,1H3/t9-,10?;/m0./s1. The molecule has 1 aliphatic rings. The number of rotatable bonds is 3. The molecule has 86 valence electrons. The molecule has 0 aromatic carbocycles. The van der Waals surface area contributed by atoms with Crippen molar-refractivity contribution in [2.45, 2.75) is 51.9 Å². The van der Waals surface area contributed by atoms with Crippen molar-refractivity contribution in [2.75, 3.05) is 20.7 Å². The fourth-order valence-electron chi connectivity index (χ4n) is 2.05. The van der Waals surface area contributed by atoms with Crippen LogP contribution in [-0.4, -0.2) is 49.0 Å². The number of aliphatic hydroxyl groups excluding tert-OH is 1. The quantitative estimate of drug-likeness (QED) is 0.754. The Morgan fingerprint density at radius 1 is 1.29 bits per heavy atom. The van der Waals surface area contributed by atoms with Crippen molar-refractivity contribution < 1.29 is 9.84 Å². The molecule has 2 atom stereocenters. The molecule has 0 aromatic rings. The second-order valence-electron chi connectivity index (χ2n) is 4.08. The maximum absolute atomic E-state index is 7.00. The van der Waals surface area contributed by atoms with E-state index in [0.717, 1.165) is 7.11 Å². The van der Waals surface area contributed by atoms with Gasteiger partial charge in [0.15, 0.2) is 0 Å². The number of ether oxygens (including phenoxy) is 1. The summed E-state index contributed by atoms with van der Waals surface area (Å²) in [7, 11) is 3.19. The third kappa shape index (κ3) is 4.40. The first-order valence-electron chi connectivity index (χ1n) is 5.41. The van der Waals surface area contributed by atoms with E-state index in [4.69, 9.17) is 9.84 Å². The predicted molar refractivity (Wildman–Crippen MR) is 59.5 cm³/mol. The molecule has 0 amide bonds. The fraction of sp³-hybridized carbons (Fsp3) is 1.00. The fourth-order valence-corrected chi connectivity index (χ4v) is 2.05. The molecule has 0 radical (unpaired) electrons. The van der Waals surface area contributed by atoms with Gasteiger partial charge < -0.3 is 14.7 Å². The van der Waals surface area contributed by atoms with Crippen LogP contribution < -0.4 is 0 Å². The van der Waals surface area contributed by atoms with Gasteiger partial charge in [-0.2, -0.15) is 0 Å². The third-order valence-electron chi connectivity index (χ3n) is 2.61. The Kier molecular flexibility index (Phi) is 7.15. The van der Waals surface area contributed by atoms with E-state index in [0.29, 0.717) is 18.2 Å². The van der Waals surface area contributed by atoms with Gasteiger partial charge in [0, 0.05) is 13.2 Å². The second-order valence-corrected chi connectivity index (χ2v) is 4.08. The minimum Gasteiger partial charge on any atom is -0.400 e. The van der Waals surface area contributed by atoms with E-state index in [1.54, 1.807) is 0 Å². The Morgan fingerprint density at radius 2 is 1.86 bits per heavy atom. The Balaban J connectivity index is 0.000000791. The summed E-state index contributed by atoms with van der Waals surface area (Å²) in [5.74, 6) is 0. The van der Waals surface area contributed by atoms with Crippen LogP contribution >= 0.6 is 0 Å². The van der Waals surface area contributed by atoms with Crippen LogP contribution in [0.1, 0.15) is 33.6 Å². The molecule has 1 heterocycles. The van der Waals surface area contributed by atoms with Crippen LogP contribution in [0.5, 0.6) is 0 Å². The number of aliphatic hydroxyl groups is 1. The van der Waals surface area contributed by atoms with Crippen molar-refractivity contribution in [3.63, 3.8) is 0 Å². The number of hydrogen-bond acceptors (Lipinski definition) is 3. The average molecular weight is 203 g/mol. The van der Waals surface area contributed by atoms with Crippen LogP contribution in [0.15, 0.2) is 0 Å². The van der Waals surface area contributed by atoms with E-state index < -0.39 is 0 Å². The number of likely N-dealkylation sites (N-methyl/N-ethyl adjacent to an activating group) is 1. The van der Waals surface area contributed by atoms with E-state index >= 15 is 0 Å². The Morgan fingerprint density at radius 3 is 2.21 bits per heavy atom. The predicted octanol–water partition coefficient (Wildman–Crippen LogP) is 1.50. The van der Waals surface area contributed by atoms with Crippen molar-refractivity contribution in [1.29, 1.82) is 0 Å². The molecule has 14 heavy (non-hydrogen) atoms. The van der Waals surface area contributed by atoms with E-state index in [-0.39, 0.29) is 0 Å². The highest BCUT2D eigenvalue weighted by Gasteiger charge is 2.27. The molecule has 3 heteroatoms. The van der Waals surface area contributed by atoms with E-state index in [2.05, 4.69) is 32.7 Å². The Bertz CT molecular complexity index is 139. The van der Waals surface area contributed by atoms with Gasteiger partial charge >= 0.3 is 0 Å². The van der Waals surface area contributed by atoms with Gasteiger partial charge in [-0.05, 0) is 47.2 Å². The summed E-state index contributed by atoms with van der Waals surface area (Å²) in [5.41, 5.74) is 0. The van der Waals surface area contributed by atoms with Gasteiger partial charge in [-0.15, -0.1) is 0 Å². The van der Waals surface area contributed by atoms with Crippen LogP contribution in [0.25, 0.3) is 0 Å². The lowest BCUT2D eigenvalue weighted by atomic mass is 10.1. The molecule has 1 aliphatic heterocycles. The van der Waals surface area contributed by atoms with Gasteiger partial charge in [0.25, 0.3) is 0 Å². The third-order valence-corrected chi connectivity index (χ3v) is 2.61. The van der Waals surface area contributed by atoms with Crippen molar-refractivity contribution in [2.24, 2.45) is 0 Å². The van der Waals surface area contributed by atoms with Gasteiger partial charge in [-0.25, -0.2) is 0 Å². The molecule has 1 fully saturated rings. The normalized spacial score (nSPS) is 24.6. The molecule has 1 saturated heterocycles. The summed E-state index contributed by atoms with van der Waals surface area (Å²) < 4.78 is 5.76. The molecular formula is C11H25NO2. The van der Waals surface area contributed by atoms with Crippen molar-refractivity contribution >= 4 is 0 Å². The summed E-state index contributed by atoms with van der Waals surface area (Å²) in [6.45, 7) is 7.62. The number of hydrogen-bond donors (Lipinski definition) is 1.